The van der Waals surface area contributed by atoms with Crippen molar-refractivity contribution in [2.45, 2.75) is 19.8 Å². The Morgan fingerprint density at radius 1 is 1.07 bits per heavy atom. The first-order valence-electron chi connectivity index (χ1n) is 9.75. The number of rotatable bonds is 6. The smallest absolute Gasteiger partial charge is 0.253 e. The monoisotopic (exact) mass is 380 g/mol. The molecule has 5 nitrogen and oxygen atoms in total. The molecule has 0 aliphatic carbocycles. The highest BCUT2D eigenvalue weighted by Gasteiger charge is 2.40. The van der Waals surface area contributed by atoms with Gasteiger partial charge in [-0.3, -0.25) is 9.59 Å². The molecule has 3 rings (SSSR count). The summed E-state index contributed by atoms with van der Waals surface area (Å²) in [6.07, 6.45) is 0. The van der Waals surface area contributed by atoms with Gasteiger partial charge in [0.1, 0.15) is 5.75 Å². The molecule has 28 heavy (non-hydrogen) atoms. The molecule has 1 saturated heterocycles. The van der Waals surface area contributed by atoms with Gasteiger partial charge < -0.3 is 15.0 Å². The van der Waals surface area contributed by atoms with Crippen molar-refractivity contribution < 1.29 is 14.3 Å². The number of hydrogen-bond acceptors (Lipinski definition) is 3. The van der Waals surface area contributed by atoms with Gasteiger partial charge in [0.15, 0.2) is 0 Å². The molecule has 0 bridgehead atoms. The van der Waals surface area contributed by atoms with Gasteiger partial charge in [-0.25, -0.2) is 0 Å². The van der Waals surface area contributed by atoms with E-state index in [9.17, 15) is 9.59 Å². The number of methoxy groups -OCH3 is 1. The fourth-order valence-electron chi connectivity index (χ4n) is 3.62. The predicted molar refractivity (Wildman–Crippen MR) is 109 cm³/mol. The van der Waals surface area contributed by atoms with Crippen molar-refractivity contribution in [1.82, 2.24) is 10.2 Å². The van der Waals surface area contributed by atoms with E-state index >= 15 is 0 Å². The molecule has 2 aromatic rings. The minimum atomic E-state index is -0.264. The minimum absolute atomic E-state index is 0.0119. The summed E-state index contributed by atoms with van der Waals surface area (Å²) in [4.78, 5) is 27.6. The van der Waals surface area contributed by atoms with Crippen molar-refractivity contribution >= 4 is 11.8 Å². The van der Waals surface area contributed by atoms with Crippen molar-refractivity contribution in [2.24, 2.45) is 11.8 Å². The molecule has 0 spiro atoms. The van der Waals surface area contributed by atoms with E-state index < -0.39 is 0 Å². The predicted octanol–water partition coefficient (Wildman–Crippen LogP) is 3.32. The Kier molecular flexibility index (Phi) is 6.34. The molecular weight excluding hydrogens is 352 g/mol. The molecule has 1 fully saturated rings. The molecule has 2 amide bonds. The number of carbonyl (C=O) groups excluding carboxylic acids is 2. The Morgan fingerprint density at radius 3 is 2.36 bits per heavy atom. The molecule has 1 aliphatic heterocycles. The van der Waals surface area contributed by atoms with E-state index in [1.54, 1.807) is 12.0 Å². The second kappa shape index (κ2) is 8.91. The summed E-state index contributed by atoms with van der Waals surface area (Å²) in [6, 6.07) is 17.0. The molecule has 0 aromatic heterocycles. The van der Waals surface area contributed by atoms with E-state index in [2.05, 4.69) is 19.2 Å². The second-order valence-corrected chi connectivity index (χ2v) is 7.70. The number of carbonyl (C=O) groups is 2. The van der Waals surface area contributed by atoms with Gasteiger partial charge in [0.25, 0.3) is 5.91 Å². The van der Waals surface area contributed by atoms with Gasteiger partial charge in [0, 0.05) is 31.1 Å². The highest BCUT2D eigenvalue weighted by Crippen LogP contribution is 2.34. The third-order valence-corrected chi connectivity index (χ3v) is 5.19. The molecule has 1 aliphatic rings. The van der Waals surface area contributed by atoms with E-state index in [0.717, 1.165) is 11.3 Å². The van der Waals surface area contributed by atoms with Crippen molar-refractivity contribution in [3.05, 3.63) is 65.7 Å². The van der Waals surface area contributed by atoms with E-state index in [1.165, 1.54) is 0 Å². The maximum absolute atomic E-state index is 12.9. The highest BCUT2D eigenvalue weighted by molar-refractivity contribution is 5.95. The Labute approximate surface area is 166 Å². The van der Waals surface area contributed by atoms with E-state index in [-0.39, 0.29) is 23.7 Å². The van der Waals surface area contributed by atoms with Crippen LogP contribution in [0, 0.1) is 11.8 Å². The standard InChI is InChI=1S/C23H28N2O3/c1-16(2)13-24-22(26)21-15-25(23(27)18-7-5-4-6-8-18)14-20(21)17-9-11-19(28-3)12-10-17/h4-12,16,20-21H,13-15H2,1-3H3,(H,24,26)/t20-,21+/m0/s1. The lowest BCUT2D eigenvalue weighted by Crippen LogP contribution is -2.37. The van der Waals surface area contributed by atoms with Crippen LogP contribution >= 0.6 is 0 Å². The Bertz CT molecular complexity index is 802. The lowest BCUT2D eigenvalue weighted by molar-refractivity contribution is -0.125. The first kappa shape index (κ1) is 19.9. The number of ether oxygens (including phenoxy) is 1. The second-order valence-electron chi connectivity index (χ2n) is 7.70. The molecule has 148 valence electrons. The normalized spacial score (nSPS) is 18.9. The highest BCUT2D eigenvalue weighted by atomic mass is 16.5. The maximum atomic E-state index is 12.9. The quantitative estimate of drug-likeness (QED) is 0.836. The van der Waals surface area contributed by atoms with Crippen molar-refractivity contribution in [3.8, 4) is 5.75 Å². The fraction of sp³-hybridized carbons (Fsp3) is 0.391. The van der Waals surface area contributed by atoms with Crippen LogP contribution in [0.15, 0.2) is 54.6 Å². The van der Waals surface area contributed by atoms with Gasteiger partial charge in [-0.2, -0.15) is 0 Å². The largest absolute Gasteiger partial charge is 0.497 e. The number of nitrogens with zero attached hydrogens (tertiary/aromatic N) is 1. The molecule has 1 N–H and O–H groups in total. The SMILES string of the molecule is COc1ccc([C@@H]2CN(C(=O)c3ccccc3)C[C@H]2C(=O)NCC(C)C)cc1. The number of amides is 2. The van der Waals surface area contributed by atoms with Crippen LogP contribution in [0.4, 0.5) is 0 Å². The van der Waals surface area contributed by atoms with Crippen molar-refractivity contribution in [1.29, 1.82) is 0 Å². The zero-order chi connectivity index (χ0) is 20.1. The Morgan fingerprint density at radius 2 is 1.75 bits per heavy atom. The summed E-state index contributed by atoms with van der Waals surface area (Å²) in [5.74, 6) is 0.841. The van der Waals surface area contributed by atoms with Crippen LogP contribution in [-0.4, -0.2) is 43.5 Å². The van der Waals surface area contributed by atoms with Gasteiger partial charge in [-0.05, 0) is 35.7 Å². The molecule has 2 atom stereocenters. The van der Waals surface area contributed by atoms with E-state index in [0.29, 0.717) is 31.1 Å². The molecular formula is C23H28N2O3. The van der Waals surface area contributed by atoms with E-state index in [1.807, 2.05) is 54.6 Å². The average molecular weight is 380 g/mol. The summed E-state index contributed by atoms with van der Waals surface area (Å²) >= 11 is 0. The number of likely N-dealkylation sites (tertiary alicyclic amines) is 1. The van der Waals surface area contributed by atoms with Crippen LogP contribution in [0.1, 0.15) is 35.7 Å². The third-order valence-electron chi connectivity index (χ3n) is 5.19. The zero-order valence-electron chi connectivity index (χ0n) is 16.7. The van der Waals surface area contributed by atoms with Crippen LogP contribution < -0.4 is 10.1 Å². The van der Waals surface area contributed by atoms with E-state index in [4.69, 9.17) is 4.74 Å². The summed E-state index contributed by atoms with van der Waals surface area (Å²) in [5, 5.41) is 3.04. The lowest BCUT2D eigenvalue weighted by atomic mass is 9.88. The van der Waals surface area contributed by atoms with Crippen molar-refractivity contribution in [3.63, 3.8) is 0 Å². The first-order valence-corrected chi connectivity index (χ1v) is 9.75. The number of hydrogen-bond donors (Lipinski definition) is 1. The summed E-state index contributed by atoms with van der Waals surface area (Å²) in [7, 11) is 1.63. The Hall–Kier alpha value is -2.82. The average Bonchev–Trinajstić information content (AvgIpc) is 3.17. The Balaban J connectivity index is 1.83. The molecule has 5 heteroatoms. The molecule has 0 saturated carbocycles. The van der Waals surface area contributed by atoms with Crippen LogP contribution in [-0.2, 0) is 4.79 Å². The van der Waals surface area contributed by atoms with Gasteiger partial charge in [-0.1, -0.05) is 44.2 Å². The lowest BCUT2D eigenvalue weighted by Gasteiger charge is -2.19. The molecule has 1 heterocycles. The summed E-state index contributed by atoms with van der Waals surface area (Å²) in [6.45, 7) is 5.73. The van der Waals surface area contributed by atoms with Crippen LogP contribution in [0.3, 0.4) is 0 Å². The first-order chi connectivity index (χ1) is 13.5. The van der Waals surface area contributed by atoms with Crippen molar-refractivity contribution in [2.75, 3.05) is 26.7 Å². The minimum Gasteiger partial charge on any atom is -0.497 e. The van der Waals surface area contributed by atoms with Gasteiger partial charge in [0.05, 0.1) is 13.0 Å². The van der Waals surface area contributed by atoms with Crippen LogP contribution in [0.2, 0.25) is 0 Å². The van der Waals surface area contributed by atoms with Crippen LogP contribution in [0.5, 0.6) is 5.75 Å². The maximum Gasteiger partial charge on any atom is 0.253 e. The topological polar surface area (TPSA) is 58.6 Å². The summed E-state index contributed by atoms with van der Waals surface area (Å²) in [5.41, 5.74) is 1.70. The summed E-state index contributed by atoms with van der Waals surface area (Å²) < 4.78 is 5.24. The third kappa shape index (κ3) is 4.53. The van der Waals surface area contributed by atoms with Crippen LogP contribution in [0.25, 0.3) is 0 Å². The molecule has 2 aromatic carbocycles. The number of nitrogens with one attached hydrogen (secondary N) is 1. The zero-order valence-corrected chi connectivity index (χ0v) is 16.7. The molecule has 0 radical (unpaired) electrons. The number of benzene rings is 2. The van der Waals surface area contributed by atoms with Gasteiger partial charge in [-0.15, -0.1) is 0 Å². The van der Waals surface area contributed by atoms with Gasteiger partial charge >= 0.3 is 0 Å². The fourth-order valence-corrected chi connectivity index (χ4v) is 3.62. The van der Waals surface area contributed by atoms with Gasteiger partial charge in [0.2, 0.25) is 5.91 Å². The molecule has 0 unspecified atom stereocenters.